The molecular weight excluding hydrogens is 556 g/mol. The molecule has 0 saturated carbocycles. The molecule has 138 valence electrons. The number of thiocyanates is 1. The first-order chi connectivity index (χ1) is 13.7. The van der Waals surface area contributed by atoms with Crippen molar-refractivity contribution in [3.63, 3.8) is 0 Å². The van der Waals surface area contributed by atoms with Gasteiger partial charge in [-0.2, -0.15) is 0 Å². The summed E-state index contributed by atoms with van der Waals surface area (Å²) < 4.78 is 2.20. The molecule has 0 aliphatic carbocycles. The standard InChI is InChI=1S/C24H19NPS.Os/c1-20(18-21(2)27-19-25)26(22-12-6-3-7-13-22,23-14-8-4-9-15-23)24-16-10-5-11-17-24;/h1,3-18H,2H2;/q+1;/b20-18+;. The van der Waals surface area contributed by atoms with Gasteiger partial charge in [0.15, 0.2) is 0 Å². The van der Waals surface area contributed by atoms with Gasteiger partial charge < -0.3 is 0 Å². The van der Waals surface area contributed by atoms with Crippen molar-refractivity contribution in [1.82, 2.24) is 0 Å². The Labute approximate surface area is 181 Å². The second-order valence-corrected chi connectivity index (χ2v) is 11.1. The van der Waals surface area contributed by atoms with E-state index in [4.69, 9.17) is 5.26 Å². The summed E-state index contributed by atoms with van der Waals surface area (Å²) in [7, 11) is -2.11. The van der Waals surface area contributed by atoms with Gasteiger partial charge in [0.25, 0.3) is 0 Å². The van der Waals surface area contributed by atoms with E-state index in [9.17, 15) is 0 Å². The number of benzene rings is 3. The Kier molecular flexibility index (Phi) is 7.31. The van der Waals surface area contributed by atoms with Crippen LogP contribution < -0.4 is 15.9 Å². The van der Waals surface area contributed by atoms with Gasteiger partial charge in [-0.1, -0.05) is 0 Å². The summed E-state index contributed by atoms with van der Waals surface area (Å²) in [5.74, 6) is 0. The molecule has 1 nitrogen and oxygen atoms in total. The number of nitrogens with zero attached hydrogens (tertiary/aromatic N) is 1. The molecule has 3 aromatic carbocycles. The van der Waals surface area contributed by atoms with E-state index < -0.39 is 7.26 Å². The van der Waals surface area contributed by atoms with Crippen LogP contribution in [0.25, 0.3) is 0 Å². The molecule has 0 fully saturated rings. The summed E-state index contributed by atoms with van der Waals surface area (Å²) in [6, 6.07) is 32.1. The predicted molar refractivity (Wildman–Crippen MR) is 122 cm³/mol. The van der Waals surface area contributed by atoms with Crippen molar-refractivity contribution in [1.29, 1.82) is 5.26 Å². The Morgan fingerprint density at radius 1 is 0.821 bits per heavy atom. The second-order valence-electron chi connectivity index (χ2n) is 6.01. The fraction of sp³-hybridized carbons (Fsp3) is 0. The van der Waals surface area contributed by atoms with Crippen LogP contribution in [0.2, 0.25) is 0 Å². The first-order valence-electron chi connectivity index (χ1n) is 8.68. The Bertz CT molecular complexity index is 928. The van der Waals surface area contributed by atoms with Crippen molar-refractivity contribution >= 4 is 39.5 Å². The Morgan fingerprint density at radius 3 is 1.54 bits per heavy atom. The molecule has 0 aliphatic heterocycles. The third-order valence-corrected chi connectivity index (χ3v) is 10.5. The zero-order chi connectivity index (χ0) is 19.8. The summed E-state index contributed by atoms with van der Waals surface area (Å²) >= 11 is 2.95. The SMILES string of the molecule is C=C(/C=C(\[CH]=[Os])[P+](c1ccccc1)(c1ccccc1)c1ccccc1)SC#N. The number of thioether (sulfide) groups is 1. The van der Waals surface area contributed by atoms with Gasteiger partial charge in [-0.3, -0.25) is 0 Å². The van der Waals surface area contributed by atoms with E-state index in [2.05, 4.69) is 114 Å². The summed E-state index contributed by atoms with van der Waals surface area (Å²) in [4.78, 5) is 0.757. The van der Waals surface area contributed by atoms with E-state index in [1.54, 1.807) is 0 Å². The number of hydrogen-bond donors (Lipinski definition) is 0. The van der Waals surface area contributed by atoms with E-state index in [1.165, 1.54) is 21.2 Å². The molecule has 0 amide bonds. The molecule has 0 radical (unpaired) electrons. The van der Waals surface area contributed by atoms with E-state index in [1.807, 2.05) is 18.1 Å². The topological polar surface area (TPSA) is 23.8 Å². The van der Waals surface area contributed by atoms with Gasteiger partial charge in [-0.05, 0) is 0 Å². The van der Waals surface area contributed by atoms with Gasteiger partial charge in [-0.15, -0.1) is 0 Å². The molecule has 28 heavy (non-hydrogen) atoms. The molecule has 0 bridgehead atoms. The summed E-state index contributed by atoms with van der Waals surface area (Å²) in [5.41, 5.74) is 0. The third-order valence-electron chi connectivity index (χ3n) is 4.41. The van der Waals surface area contributed by atoms with Gasteiger partial charge in [0.1, 0.15) is 0 Å². The predicted octanol–water partition coefficient (Wildman–Crippen LogP) is 4.94. The number of allylic oxidation sites excluding steroid dienone is 2. The van der Waals surface area contributed by atoms with E-state index in [-0.39, 0.29) is 0 Å². The molecule has 0 N–H and O–H groups in total. The molecular formula is C24H19NOsPS+. The average molecular weight is 575 g/mol. The fourth-order valence-corrected chi connectivity index (χ4v) is 9.51. The molecule has 3 rings (SSSR count). The van der Waals surface area contributed by atoms with Crippen molar-refractivity contribution in [3.8, 4) is 5.40 Å². The summed E-state index contributed by atoms with van der Waals surface area (Å²) in [6.45, 7) is 4.09. The van der Waals surface area contributed by atoms with Crippen LogP contribution in [0.1, 0.15) is 0 Å². The number of nitriles is 1. The molecule has 4 heteroatoms. The second kappa shape index (κ2) is 9.91. The zero-order valence-electron chi connectivity index (χ0n) is 15.2. The van der Waals surface area contributed by atoms with Gasteiger partial charge in [0.05, 0.1) is 0 Å². The van der Waals surface area contributed by atoms with Gasteiger partial charge in [0.2, 0.25) is 0 Å². The Balaban J connectivity index is 2.42. The minimum absolute atomic E-state index is 0.757. The van der Waals surface area contributed by atoms with E-state index in [0.29, 0.717) is 0 Å². The van der Waals surface area contributed by atoms with Crippen molar-refractivity contribution in [2.24, 2.45) is 0 Å². The molecule has 0 spiro atoms. The van der Waals surface area contributed by atoms with Crippen LogP contribution in [-0.2, 0) is 18.1 Å². The van der Waals surface area contributed by atoms with Crippen LogP contribution in [0.5, 0.6) is 0 Å². The minimum atomic E-state index is -2.11. The molecule has 0 unspecified atom stereocenters. The molecule has 0 atom stereocenters. The first-order valence-corrected chi connectivity index (χ1v) is 12.8. The van der Waals surface area contributed by atoms with Crippen molar-refractivity contribution in [3.05, 3.63) is 114 Å². The summed E-state index contributed by atoms with van der Waals surface area (Å²) in [5, 5.41) is 16.3. The maximum atomic E-state index is 9.10. The Morgan fingerprint density at radius 2 is 1.21 bits per heavy atom. The van der Waals surface area contributed by atoms with Crippen LogP contribution in [0, 0.1) is 10.7 Å². The number of rotatable bonds is 7. The summed E-state index contributed by atoms with van der Waals surface area (Å²) in [6.07, 6.45) is 2.08. The number of hydrogen-bond acceptors (Lipinski definition) is 2. The quantitative estimate of drug-likeness (QED) is 0.227. The zero-order valence-corrected chi connectivity index (χ0v) is 19.4. The molecule has 0 aliphatic rings. The van der Waals surface area contributed by atoms with Crippen LogP contribution in [0.4, 0.5) is 0 Å². The first kappa shape index (κ1) is 20.6. The van der Waals surface area contributed by atoms with Crippen LogP contribution in [0.15, 0.2) is 114 Å². The van der Waals surface area contributed by atoms with Gasteiger partial charge in [-0.25, -0.2) is 0 Å². The van der Waals surface area contributed by atoms with Crippen molar-refractivity contribution in [2.45, 2.75) is 0 Å². The van der Waals surface area contributed by atoms with E-state index >= 15 is 0 Å². The molecule has 0 heterocycles. The average Bonchev–Trinajstić information content (AvgIpc) is 2.76. The van der Waals surface area contributed by atoms with Crippen LogP contribution in [0.3, 0.4) is 0 Å². The van der Waals surface area contributed by atoms with Gasteiger partial charge in [0, 0.05) is 0 Å². The molecule has 0 aromatic heterocycles. The van der Waals surface area contributed by atoms with Crippen molar-refractivity contribution in [2.75, 3.05) is 0 Å². The monoisotopic (exact) mass is 576 g/mol. The fourth-order valence-electron chi connectivity index (χ4n) is 3.30. The molecule has 0 saturated heterocycles. The van der Waals surface area contributed by atoms with Gasteiger partial charge >= 0.3 is 182 Å². The normalized spacial score (nSPS) is 11.5. The van der Waals surface area contributed by atoms with Crippen LogP contribution >= 0.6 is 19.0 Å². The Hall–Kier alpha value is -2.08. The maximum absolute atomic E-state index is 9.10. The van der Waals surface area contributed by atoms with E-state index in [0.717, 1.165) is 16.7 Å². The van der Waals surface area contributed by atoms with Crippen molar-refractivity contribution < 1.29 is 18.1 Å². The third kappa shape index (κ3) is 4.16. The molecule has 3 aromatic rings. The van der Waals surface area contributed by atoms with Crippen LogP contribution in [-0.4, -0.2) is 4.57 Å².